The van der Waals surface area contributed by atoms with Gasteiger partial charge >= 0.3 is 0 Å². The van der Waals surface area contributed by atoms with Gasteiger partial charge in [0.05, 0.1) is 29.4 Å². The first kappa shape index (κ1) is 24.2. The van der Waals surface area contributed by atoms with Crippen molar-refractivity contribution in [2.45, 2.75) is 11.4 Å². The van der Waals surface area contributed by atoms with Gasteiger partial charge < -0.3 is 9.30 Å². The maximum atomic E-state index is 13.3. The first-order valence-corrected chi connectivity index (χ1v) is 13.0. The second-order valence-electron chi connectivity index (χ2n) is 8.35. The number of ether oxygens (including phenoxy) is 1. The Balaban J connectivity index is 1.51. The zero-order valence-electron chi connectivity index (χ0n) is 20.0. The zero-order valence-corrected chi connectivity index (χ0v) is 20.8. The largest absolute Gasteiger partial charge is 0.497 e. The van der Waals surface area contributed by atoms with E-state index >= 15 is 0 Å². The van der Waals surface area contributed by atoms with E-state index < -0.39 is 15.9 Å². The average molecular weight is 513 g/mol. The fourth-order valence-corrected chi connectivity index (χ4v) is 4.89. The summed E-state index contributed by atoms with van der Waals surface area (Å²) in [7, 11) is -2.32. The monoisotopic (exact) mass is 512 g/mol. The molecule has 2 N–H and O–H groups in total. The molecular formula is C28H24N4O4S. The minimum absolute atomic E-state index is 0.0438. The Morgan fingerprint density at radius 2 is 1.57 bits per heavy atom. The van der Waals surface area contributed by atoms with Gasteiger partial charge in [0.25, 0.3) is 15.9 Å². The van der Waals surface area contributed by atoms with Gasteiger partial charge in [0.2, 0.25) is 0 Å². The summed E-state index contributed by atoms with van der Waals surface area (Å²) in [5, 5.41) is 0. The maximum Gasteiger partial charge on any atom is 0.268 e. The van der Waals surface area contributed by atoms with E-state index in [1.54, 1.807) is 37.7 Å². The molecular weight excluding hydrogens is 488 g/mol. The van der Waals surface area contributed by atoms with Crippen molar-refractivity contribution in [3.8, 4) is 16.9 Å². The number of hydrogen-bond acceptors (Lipinski definition) is 5. The number of hydrazine groups is 1. The molecule has 0 spiro atoms. The van der Waals surface area contributed by atoms with E-state index in [4.69, 9.17) is 4.74 Å². The summed E-state index contributed by atoms with van der Waals surface area (Å²) in [5.74, 6) is 0.152. The highest BCUT2D eigenvalue weighted by Gasteiger charge is 2.20. The quantitative estimate of drug-likeness (QED) is 0.300. The molecule has 0 unspecified atom stereocenters. The lowest BCUT2D eigenvalue weighted by atomic mass is 10.0. The van der Waals surface area contributed by atoms with Crippen LogP contribution in [0, 0.1) is 0 Å². The highest BCUT2D eigenvalue weighted by atomic mass is 32.2. The van der Waals surface area contributed by atoms with E-state index in [1.807, 2.05) is 65.2 Å². The molecule has 4 aromatic carbocycles. The number of rotatable bonds is 8. The number of benzene rings is 4. The molecule has 0 aliphatic rings. The van der Waals surface area contributed by atoms with Gasteiger partial charge in [0.1, 0.15) is 11.3 Å². The summed E-state index contributed by atoms with van der Waals surface area (Å²) in [6.07, 6.45) is 1.68. The minimum atomic E-state index is -3.94. The summed E-state index contributed by atoms with van der Waals surface area (Å²) in [6, 6.07) is 28.9. The van der Waals surface area contributed by atoms with Gasteiger partial charge in [0, 0.05) is 6.54 Å². The second kappa shape index (κ2) is 10.3. The van der Waals surface area contributed by atoms with E-state index in [0.717, 1.165) is 28.0 Å². The van der Waals surface area contributed by atoms with E-state index in [-0.39, 0.29) is 10.5 Å². The summed E-state index contributed by atoms with van der Waals surface area (Å²) in [4.78, 5) is 20.0. The number of methoxy groups -OCH3 is 1. The molecule has 0 aliphatic heterocycles. The molecule has 5 rings (SSSR count). The van der Waals surface area contributed by atoms with E-state index in [2.05, 4.69) is 15.2 Å². The highest BCUT2D eigenvalue weighted by molar-refractivity contribution is 7.89. The average Bonchev–Trinajstić information content (AvgIpc) is 3.35. The Labute approximate surface area is 214 Å². The summed E-state index contributed by atoms with van der Waals surface area (Å²) >= 11 is 0. The lowest BCUT2D eigenvalue weighted by Gasteiger charge is -2.12. The Bertz CT molecular complexity index is 1650. The lowest BCUT2D eigenvalue weighted by Crippen LogP contribution is -2.41. The van der Waals surface area contributed by atoms with Crippen LogP contribution in [-0.2, 0) is 16.6 Å². The van der Waals surface area contributed by atoms with Crippen LogP contribution >= 0.6 is 0 Å². The third-order valence-corrected chi connectivity index (χ3v) is 7.21. The minimum Gasteiger partial charge on any atom is -0.497 e. The highest BCUT2D eigenvalue weighted by Crippen LogP contribution is 2.28. The third kappa shape index (κ3) is 5.23. The number of hydrogen-bond donors (Lipinski definition) is 2. The van der Waals surface area contributed by atoms with Crippen molar-refractivity contribution >= 4 is 27.0 Å². The Kier molecular flexibility index (Phi) is 6.72. The Morgan fingerprint density at radius 3 is 2.24 bits per heavy atom. The molecule has 0 bridgehead atoms. The van der Waals surface area contributed by atoms with Crippen LogP contribution in [0.1, 0.15) is 15.9 Å². The summed E-state index contributed by atoms with van der Waals surface area (Å²) in [5.41, 5.74) is 6.55. The summed E-state index contributed by atoms with van der Waals surface area (Å²) in [6.45, 7) is 0.528. The number of nitrogens with one attached hydrogen (secondary N) is 2. The van der Waals surface area contributed by atoms with Crippen LogP contribution in [0.4, 0.5) is 0 Å². The molecule has 8 nitrogen and oxygen atoms in total. The Hall–Kier alpha value is -4.47. The van der Waals surface area contributed by atoms with Gasteiger partial charge in [0.15, 0.2) is 0 Å². The van der Waals surface area contributed by atoms with Gasteiger partial charge in [-0.15, -0.1) is 4.83 Å². The van der Waals surface area contributed by atoms with Crippen LogP contribution in [0.5, 0.6) is 5.75 Å². The zero-order chi connectivity index (χ0) is 25.8. The topological polar surface area (TPSA) is 102 Å². The van der Waals surface area contributed by atoms with Crippen molar-refractivity contribution in [1.82, 2.24) is 19.8 Å². The van der Waals surface area contributed by atoms with E-state index in [0.29, 0.717) is 12.1 Å². The van der Waals surface area contributed by atoms with Crippen molar-refractivity contribution < 1.29 is 17.9 Å². The predicted molar refractivity (Wildman–Crippen MR) is 141 cm³/mol. The number of amides is 1. The number of fused-ring (bicyclic) bond motifs is 1. The van der Waals surface area contributed by atoms with Crippen molar-refractivity contribution in [1.29, 1.82) is 0 Å². The molecule has 0 atom stereocenters. The first-order valence-electron chi connectivity index (χ1n) is 11.5. The molecule has 1 heterocycles. The molecule has 186 valence electrons. The lowest BCUT2D eigenvalue weighted by molar-refractivity contribution is 0.0946. The van der Waals surface area contributed by atoms with Crippen LogP contribution < -0.4 is 15.0 Å². The van der Waals surface area contributed by atoms with E-state index in [1.165, 1.54) is 12.1 Å². The molecule has 0 fully saturated rings. The standard InChI is InChI=1S/C28H24N4O4S/c1-36-23-14-12-20(13-15-23)18-32-19-29-27-25(16-22(17-26(27)32)21-8-4-2-5-9-21)28(33)30-31-37(34,35)24-10-6-3-7-11-24/h2-17,19,31H,18H2,1H3,(H,30,33). The molecule has 0 radical (unpaired) electrons. The van der Waals surface area contributed by atoms with Crippen LogP contribution in [0.25, 0.3) is 22.2 Å². The smallest absolute Gasteiger partial charge is 0.268 e. The van der Waals surface area contributed by atoms with Crippen LogP contribution in [-0.4, -0.2) is 31.0 Å². The number of aromatic nitrogens is 2. The van der Waals surface area contributed by atoms with Gasteiger partial charge in [-0.3, -0.25) is 10.2 Å². The van der Waals surface area contributed by atoms with Gasteiger partial charge in [-0.25, -0.2) is 13.4 Å². The van der Waals surface area contributed by atoms with Crippen LogP contribution in [0.2, 0.25) is 0 Å². The van der Waals surface area contributed by atoms with Crippen molar-refractivity contribution in [3.05, 3.63) is 115 Å². The normalized spacial score (nSPS) is 11.4. The first-order chi connectivity index (χ1) is 17.9. The molecule has 1 aromatic heterocycles. The molecule has 1 amide bonds. The SMILES string of the molecule is COc1ccc(Cn2cnc3c(C(=O)NNS(=O)(=O)c4ccccc4)cc(-c4ccccc4)cc32)cc1. The molecule has 0 saturated carbocycles. The number of nitrogens with zero attached hydrogens (tertiary/aromatic N) is 2. The van der Waals surface area contributed by atoms with Gasteiger partial charge in [-0.1, -0.05) is 60.7 Å². The van der Waals surface area contributed by atoms with Crippen molar-refractivity contribution in [3.63, 3.8) is 0 Å². The van der Waals surface area contributed by atoms with Gasteiger partial charge in [-0.2, -0.15) is 0 Å². The molecule has 9 heteroatoms. The molecule has 0 saturated heterocycles. The molecule has 37 heavy (non-hydrogen) atoms. The van der Waals surface area contributed by atoms with Gasteiger partial charge in [-0.05, 0) is 53.1 Å². The van der Waals surface area contributed by atoms with Crippen LogP contribution in [0.3, 0.4) is 0 Å². The Morgan fingerprint density at radius 1 is 0.892 bits per heavy atom. The number of sulfonamides is 1. The molecule has 0 aliphatic carbocycles. The summed E-state index contributed by atoms with van der Waals surface area (Å²) < 4.78 is 32.4. The number of carbonyl (C=O) groups is 1. The molecule has 5 aromatic rings. The predicted octanol–water partition coefficient (Wildman–Crippen LogP) is 4.38. The van der Waals surface area contributed by atoms with Crippen molar-refractivity contribution in [2.75, 3.05) is 7.11 Å². The van der Waals surface area contributed by atoms with Crippen molar-refractivity contribution in [2.24, 2.45) is 0 Å². The fraction of sp³-hybridized carbons (Fsp3) is 0.0714. The number of imidazole rings is 1. The fourth-order valence-electron chi connectivity index (χ4n) is 4.03. The second-order valence-corrected chi connectivity index (χ2v) is 10.0. The maximum absolute atomic E-state index is 13.3. The third-order valence-electron chi connectivity index (χ3n) is 5.94. The van der Waals surface area contributed by atoms with E-state index in [9.17, 15) is 13.2 Å². The van der Waals surface area contributed by atoms with Crippen LogP contribution in [0.15, 0.2) is 108 Å². The number of carbonyl (C=O) groups excluding carboxylic acids is 1.